The van der Waals surface area contributed by atoms with Crippen LogP contribution in [0, 0.1) is 0 Å². The van der Waals surface area contributed by atoms with Gasteiger partial charge in [0.15, 0.2) is 0 Å². The summed E-state index contributed by atoms with van der Waals surface area (Å²) < 4.78 is 38.1. The number of carbonyl (C=O) groups is 1. The number of amides is 1. The molecule has 2 atom stereocenters. The van der Waals surface area contributed by atoms with E-state index in [4.69, 9.17) is 5.73 Å². The molecule has 0 aliphatic carbocycles. The van der Waals surface area contributed by atoms with Gasteiger partial charge in [-0.2, -0.15) is 13.2 Å². The quantitative estimate of drug-likeness (QED) is 0.832. The number of fused-ring (bicyclic) bond motifs is 1. The normalized spacial score (nSPS) is 22.6. The molecule has 110 valence electrons. The summed E-state index contributed by atoms with van der Waals surface area (Å²) in [5.74, 6) is 0. The summed E-state index contributed by atoms with van der Waals surface area (Å²) in [7, 11) is 0. The summed E-state index contributed by atoms with van der Waals surface area (Å²) in [5, 5.41) is 9.26. The minimum Gasteiger partial charge on any atom is -0.465 e. The van der Waals surface area contributed by atoms with E-state index in [1.54, 1.807) is 0 Å². The molecule has 0 spiro atoms. The van der Waals surface area contributed by atoms with Crippen molar-refractivity contribution >= 4 is 11.8 Å². The van der Waals surface area contributed by atoms with Crippen LogP contribution >= 0.6 is 0 Å². The molecule has 1 aliphatic rings. The number of hydrogen-bond donors (Lipinski definition) is 2. The van der Waals surface area contributed by atoms with E-state index in [-0.39, 0.29) is 17.3 Å². The molecular weight excluding hydrogens is 273 g/mol. The molecule has 0 aromatic heterocycles. The second-order valence-electron chi connectivity index (χ2n) is 4.83. The van der Waals surface area contributed by atoms with Gasteiger partial charge < -0.3 is 10.8 Å². The molecule has 3 N–H and O–H groups in total. The molecule has 1 aliphatic heterocycles. The van der Waals surface area contributed by atoms with Crippen molar-refractivity contribution in [1.82, 2.24) is 0 Å². The van der Waals surface area contributed by atoms with Crippen molar-refractivity contribution in [3.63, 3.8) is 0 Å². The van der Waals surface area contributed by atoms with Crippen LogP contribution in [0.4, 0.5) is 23.7 Å². The highest BCUT2D eigenvalue weighted by atomic mass is 19.4. The Morgan fingerprint density at radius 3 is 2.65 bits per heavy atom. The second kappa shape index (κ2) is 4.97. The number of benzene rings is 1. The van der Waals surface area contributed by atoms with E-state index in [1.807, 2.05) is 6.92 Å². The number of hydrogen-bond acceptors (Lipinski definition) is 2. The number of alkyl halides is 3. The third kappa shape index (κ3) is 2.45. The fraction of sp³-hybridized carbons (Fsp3) is 0.462. The van der Waals surface area contributed by atoms with Crippen molar-refractivity contribution in [2.24, 2.45) is 5.73 Å². The Balaban J connectivity index is 2.54. The molecular formula is C13H15F3N2O2. The highest BCUT2D eigenvalue weighted by Crippen LogP contribution is 2.40. The minimum atomic E-state index is -4.47. The summed E-state index contributed by atoms with van der Waals surface area (Å²) in [4.78, 5) is 12.4. The van der Waals surface area contributed by atoms with Gasteiger partial charge in [-0.05, 0) is 36.6 Å². The third-order valence-electron chi connectivity index (χ3n) is 3.58. The van der Waals surface area contributed by atoms with Crippen molar-refractivity contribution in [3.05, 3.63) is 29.3 Å². The van der Waals surface area contributed by atoms with Gasteiger partial charge in [-0.3, -0.25) is 4.90 Å². The maximum absolute atomic E-state index is 12.7. The largest absolute Gasteiger partial charge is 0.465 e. The van der Waals surface area contributed by atoms with Crippen molar-refractivity contribution in [2.45, 2.75) is 38.0 Å². The van der Waals surface area contributed by atoms with E-state index >= 15 is 0 Å². The zero-order chi connectivity index (χ0) is 15.1. The van der Waals surface area contributed by atoms with Crippen LogP contribution in [0.15, 0.2) is 18.2 Å². The Hall–Kier alpha value is -1.76. The Bertz CT molecular complexity index is 531. The van der Waals surface area contributed by atoms with E-state index in [0.29, 0.717) is 12.8 Å². The first-order valence-corrected chi connectivity index (χ1v) is 6.24. The van der Waals surface area contributed by atoms with Crippen LogP contribution in [0.3, 0.4) is 0 Å². The highest BCUT2D eigenvalue weighted by Gasteiger charge is 2.37. The lowest BCUT2D eigenvalue weighted by atomic mass is 9.89. The maximum atomic E-state index is 12.7. The van der Waals surface area contributed by atoms with Crippen molar-refractivity contribution in [2.75, 3.05) is 4.90 Å². The van der Waals surface area contributed by atoms with Crippen LogP contribution in [0.1, 0.15) is 36.9 Å². The summed E-state index contributed by atoms with van der Waals surface area (Å²) in [6.45, 7) is 1.82. The molecule has 0 saturated heterocycles. The highest BCUT2D eigenvalue weighted by molar-refractivity contribution is 5.89. The van der Waals surface area contributed by atoms with Gasteiger partial charge in [0.1, 0.15) is 0 Å². The van der Waals surface area contributed by atoms with Crippen LogP contribution in [0.25, 0.3) is 0 Å². The van der Waals surface area contributed by atoms with Gasteiger partial charge >= 0.3 is 12.3 Å². The number of nitrogens with two attached hydrogens (primary N) is 1. The topological polar surface area (TPSA) is 66.6 Å². The maximum Gasteiger partial charge on any atom is 0.416 e. The van der Waals surface area contributed by atoms with Gasteiger partial charge in [-0.1, -0.05) is 6.92 Å². The lowest BCUT2D eigenvalue weighted by Crippen LogP contribution is -2.45. The van der Waals surface area contributed by atoms with Crippen LogP contribution in [-0.4, -0.2) is 17.2 Å². The Morgan fingerprint density at radius 1 is 1.50 bits per heavy atom. The molecule has 4 nitrogen and oxygen atoms in total. The third-order valence-corrected chi connectivity index (χ3v) is 3.58. The van der Waals surface area contributed by atoms with Gasteiger partial charge in [0.2, 0.25) is 0 Å². The molecule has 1 aromatic rings. The molecule has 1 amide bonds. The van der Waals surface area contributed by atoms with Gasteiger partial charge in [0.05, 0.1) is 11.3 Å². The summed E-state index contributed by atoms with van der Waals surface area (Å²) in [6.07, 6.45) is -4.77. The zero-order valence-corrected chi connectivity index (χ0v) is 10.8. The zero-order valence-electron chi connectivity index (χ0n) is 10.8. The number of rotatable bonds is 1. The fourth-order valence-electron chi connectivity index (χ4n) is 2.58. The SMILES string of the molecule is CCC1CC(N)c2cc(C(F)(F)F)ccc2N1C(=O)O. The average molecular weight is 288 g/mol. The molecule has 2 unspecified atom stereocenters. The molecule has 1 aromatic carbocycles. The smallest absolute Gasteiger partial charge is 0.416 e. The average Bonchev–Trinajstić information content (AvgIpc) is 2.36. The number of nitrogens with zero attached hydrogens (tertiary/aromatic N) is 1. The van der Waals surface area contributed by atoms with Crippen LogP contribution < -0.4 is 10.6 Å². The molecule has 1 heterocycles. The number of carboxylic acid groups (broad SMARTS) is 1. The molecule has 0 saturated carbocycles. The summed E-state index contributed by atoms with van der Waals surface area (Å²) in [6, 6.07) is 2.12. The molecule has 2 rings (SSSR count). The summed E-state index contributed by atoms with van der Waals surface area (Å²) in [5.41, 5.74) is 5.56. The Kier molecular flexibility index (Phi) is 3.64. The predicted molar refractivity (Wildman–Crippen MR) is 67.6 cm³/mol. The molecule has 7 heteroatoms. The Morgan fingerprint density at radius 2 is 2.15 bits per heavy atom. The minimum absolute atomic E-state index is 0.229. The first-order valence-electron chi connectivity index (χ1n) is 6.24. The van der Waals surface area contributed by atoms with E-state index in [0.717, 1.165) is 17.0 Å². The molecule has 0 bridgehead atoms. The lowest BCUT2D eigenvalue weighted by Gasteiger charge is -2.38. The standard InChI is InChI=1S/C13H15F3N2O2/c1-2-8-6-10(17)9-5-7(13(14,15)16)3-4-11(9)18(8)12(19)20/h3-5,8,10H,2,6,17H2,1H3,(H,19,20). The van der Waals surface area contributed by atoms with Gasteiger partial charge in [0.25, 0.3) is 0 Å². The van der Waals surface area contributed by atoms with E-state index in [9.17, 15) is 23.1 Å². The van der Waals surface area contributed by atoms with Gasteiger partial charge in [-0.25, -0.2) is 4.79 Å². The molecule has 20 heavy (non-hydrogen) atoms. The van der Waals surface area contributed by atoms with Crippen molar-refractivity contribution in [3.8, 4) is 0 Å². The van der Waals surface area contributed by atoms with Crippen molar-refractivity contribution in [1.29, 1.82) is 0 Å². The second-order valence-corrected chi connectivity index (χ2v) is 4.83. The number of halogens is 3. The van der Waals surface area contributed by atoms with Crippen LogP contribution in [0.2, 0.25) is 0 Å². The van der Waals surface area contributed by atoms with E-state index < -0.39 is 23.9 Å². The summed E-state index contributed by atoms with van der Waals surface area (Å²) >= 11 is 0. The number of anilines is 1. The van der Waals surface area contributed by atoms with Crippen molar-refractivity contribution < 1.29 is 23.1 Å². The van der Waals surface area contributed by atoms with E-state index in [2.05, 4.69) is 0 Å². The Labute approximate surface area is 114 Å². The first kappa shape index (κ1) is 14.6. The van der Waals surface area contributed by atoms with E-state index in [1.165, 1.54) is 6.07 Å². The van der Waals surface area contributed by atoms with Crippen LogP contribution in [0.5, 0.6) is 0 Å². The van der Waals surface area contributed by atoms with Gasteiger partial charge in [-0.15, -0.1) is 0 Å². The fourth-order valence-corrected chi connectivity index (χ4v) is 2.58. The first-order chi connectivity index (χ1) is 9.25. The lowest BCUT2D eigenvalue weighted by molar-refractivity contribution is -0.137. The van der Waals surface area contributed by atoms with Gasteiger partial charge in [0, 0.05) is 12.1 Å². The monoisotopic (exact) mass is 288 g/mol. The predicted octanol–water partition coefficient (Wildman–Crippen LogP) is 3.37. The molecule has 0 fully saturated rings. The molecule has 0 radical (unpaired) electrons. The van der Waals surface area contributed by atoms with Crippen LogP contribution in [-0.2, 0) is 6.18 Å².